The summed E-state index contributed by atoms with van der Waals surface area (Å²) in [5, 5.41) is 0. The standard InChI is InChI=1S/C22H18O7/c1-27-20(25)15-16(21(26)28-2)22(29-17(15)12-8-4-3-5-9-12)18(23)13-10-6-7-11-14(13)19(22)24/h3-11,15-17H,1-2H3/t15-,16+,17-/m1/s1. The van der Waals surface area contributed by atoms with E-state index in [1.54, 1.807) is 42.5 Å². The summed E-state index contributed by atoms with van der Waals surface area (Å²) < 4.78 is 15.9. The second-order valence-corrected chi connectivity index (χ2v) is 6.94. The van der Waals surface area contributed by atoms with Crippen molar-refractivity contribution >= 4 is 23.5 Å². The van der Waals surface area contributed by atoms with Gasteiger partial charge in [-0.2, -0.15) is 0 Å². The van der Waals surface area contributed by atoms with Gasteiger partial charge < -0.3 is 14.2 Å². The predicted molar refractivity (Wildman–Crippen MR) is 99.1 cm³/mol. The van der Waals surface area contributed by atoms with Crippen LogP contribution in [0.3, 0.4) is 0 Å². The third kappa shape index (κ3) is 2.54. The van der Waals surface area contributed by atoms with Gasteiger partial charge in [0.25, 0.3) is 0 Å². The summed E-state index contributed by atoms with van der Waals surface area (Å²) in [6.07, 6.45) is -1.03. The molecule has 3 atom stereocenters. The van der Waals surface area contributed by atoms with E-state index in [-0.39, 0.29) is 11.1 Å². The van der Waals surface area contributed by atoms with Crippen molar-refractivity contribution in [3.8, 4) is 0 Å². The zero-order valence-corrected chi connectivity index (χ0v) is 15.8. The van der Waals surface area contributed by atoms with Crippen LogP contribution in [0, 0.1) is 11.8 Å². The van der Waals surface area contributed by atoms with Gasteiger partial charge in [-0.05, 0) is 5.56 Å². The van der Waals surface area contributed by atoms with E-state index in [1.807, 2.05) is 0 Å². The lowest BCUT2D eigenvalue weighted by molar-refractivity contribution is -0.157. The van der Waals surface area contributed by atoms with Crippen molar-refractivity contribution in [1.82, 2.24) is 0 Å². The molecule has 0 amide bonds. The number of benzene rings is 2. The second-order valence-electron chi connectivity index (χ2n) is 6.94. The molecule has 1 saturated heterocycles. The molecule has 2 aromatic rings. The van der Waals surface area contributed by atoms with Crippen LogP contribution in [0.15, 0.2) is 54.6 Å². The third-order valence-electron chi connectivity index (χ3n) is 5.58. The Labute approximate surface area is 166 Å². The van der Waals surface area contributed by atoms with Crippen LogP contribution in [0.4, 0.5) is 0 Å². The van der Waals surface area contributed by atoms with E-state index < -0.39 is 47.0 Å². The van der Waals surface area contributed by atoms with Gasteiger partial charge in [-0.1, -0.05) is 54.6 Å². The zero-order valence-electron chi connectivity index (χ0n) is 15.8. The van der Waals surface area contributed by atoms with Gasteiger partial charge in [-0.25, -0.2) is 0 Å². The lowest BCUT2D eigenvalue weighted by atomic mass is 9.75. The first-order valence-electron chi connectivity index (χ1n) is 9.04. The number of carbonyl (C=O) groups excluding carboxylic acids is 4. The highest BCUT2D eigenvalue weighted by Crippen LogP contribution is 2.54. The second kappa shape index (κ2) is 6.93. The van der Waals surface area contributed by atoms with Gasteiger partial charge in [0.15, 0.2) is 0 Å². The zero-order chi connectivity index (χ0) is 20.8. The van der Waals surface area contributed by atoms with Crippen molar-refractivity contribution in [2.45, 2.75) is 11.7 Å². The Hall–Kier alpha value is -3.32. The molecule has 0 radical (unpaired) electrons. The molecule has 1 aliphatic heterocycles. The molecule has 1 fully saturated rings. The van der Waals surface area contributed by atoms with Gasteiger partial charge in [0.05, 0.1) is 20.3 Å². The summed E-state index contributed by atoms with van der Waals surface area (Å²) in [6, 6.07) is 14.9. The summed E-state index contributed by atoms with van der Waals surface area (Å²) in [6.45, 7) is 0. The molecule has 148 valence electrons. The Kier molecular flexibility index (Phi) is 4.55. The number of rotatable bonds is 3. The van der Waals surface area contributed by atoms with Crippen molar-refractivity contribution < 1.29 is 33.4 Å². The van der Waals surface area contributed by atoms with Gasteiger partial charge in [-0.3, -0.25) is 19.2 Å². The average molecular weight is 394 g/mol. The number of methoxy groups -OCH3 is 2. The van der Waals surface area contributed by atoms with E-state index in [9.17, 15) is 19.2 Å². The van der Waals surface area contributed by atoms with E-state index in [0.717, 1.165) is 7.11 Å². The summed E-state index contributed by atoms with van der Waals surface area (Å²) >= 11 is 0. The Morgan fingerprint density at radius 3 is 1.86 bits per heavy atom. The molecule has 0 N–H and O–H groups in total. The third-order valence-corrected chi connectivity index (χ3v) is 5.58. The van der Waals surface area contributed by atoms with Gasteiger partial charge >= 0.3 is 11.9 Å². The number of ether oxygens (including phenoxy) is 3. The Bertz CT molecular complexity index is 976. The molecule has 4 rings (SSSR count). The number of Topliss-reactive ketones (excluding diaryl/α,β-unsaturated/α-hetero) is 2. The molecule has 2 aromatic carbocycles. The lowest BCUT2D eigenvalue weighted by Gasteiger charge is -2.26. The summed E-state index contributed by atoms with van der Waals surface area (Å²) in [5.74, 6) is -5.65. The van der Waals surface area contributed by atoms with E-state index in [4.69, 9.17) is 14.2 Å². The molecular weight excluding hydrogens is 376 g/mol. The fourth-order valence-electron chi connectivity index (χ4n) is 4.30. The molecule has 0 bridgehead atoms. The van der Waals surface area contributed by atoms with E-state index in [2.05, 4.69) is 0 Å². The molecule has 7 heteroatoms. The fourth-order valence-corrected chi connectivity index (χ4v) is 4.30. The molecule has 1 spiro atoms. The minimum Gasteiger partial charge on any atom is -0.469 e. The summed E-state index contributed by atoms with van der Waals surface area (Å²) in [4.78, 5) is 52.3. The van der Waals surface area contributed by atoms with Crippen molar-refractivity contribution in [2.24, 2.45) is 11.8 Å². The molecule has 7 nitrogen and oxygen atoms in total. The molecule has 0 aromatic heterocycles. The minimum absolute atomic E-state index is 0.156. The van der Waals surface area contributed by atoms with Crippen molar-refractivity contribution in [2.75, 3.05) is 14.2 Å². The van der Waals surface area contributed by atoms with Crippen molar-refractivity contribution in [3.05, 3.63) is 71.3 Å². The van der Waals surface area contributed by atoms with Crippen LogP contribution in [0.25, 0.3) is 0 Å². The molecular formula is C22H18O7. The first-order valence-corrected chi connectivity index (χ1v) is 9.04. The van der Waals surface area contributed by atoms with Gasteiger partial charge in [0.2, 0.25) is 17.2 Å². The first-order chi connectivity index (χ1) is 14.0. The van der Waals surface area contributed by atoms with Gasteiger partial charge in [-0.15, -0.1) is 0 Å². The first kappa shape index (κ1) is 19.0. The minimum atomic E-state index is -2.17. The summed E-state index contributed by atoms with van der Waals surface area (Å²) in [5.41, 5.74) is -1.31. The predicted octanol–water partition coefficient (Wildman–Crippen LogP) is 2.15. The van der Waals surface area contributed by atoms with Crippen LogP contribution in [-0.4, -0.2) is 43.3 Å². The van der Waals surface area contributed by atoms with Crippen molar-refractivity contribution in [3.63, 3.8) is 0 Å². The van der Waals surface area contributed by atoms with Crippen LogP contribution in [0.5, 0.6) is 0 Å². The maximum absolute atomic E-state index is 13.4. The quantitative estimate of drug-likeness (QED) is 0.581. The lowest BCUT2D eigenvalue weighted by Crippen LogP contribution is -2.52. The number of esters is 2. The fraction of sp³-hybridized carbons (Fsp3) is 0.273. The van der Waals surface area contributed by atoms with Gasteiger partial charge in [0, 0.05) is 11.1 Å². The van der Waals surface area contributed by atoms with E-state index >= 15 is 0 Å². The van der Waals surface area contributed by atoms with Gasteiger partial charge in [0.1, 0.15) is 11.8 Å². The molecule has 0 unspecified atom stereocenters. The van der Waals surface area contributed by atoms with Crippen LogP contribution < -0.4 is 0 Å². The van der Waals surface area contributed by atoms with Crippen LogP contribution in [0.1, 0.15) is 32.4 Å². The largest absolute Gasteiger partial charge is 0.469 e. The average Bonchev–Trinajstić information content (AvgIpc) is 3.23. The number of ketones is 2. The van der Waals surface area contributed by atoms with Crippen LogP contribution in [0.2, 0.25) is 0 Å². The molecule has 1 aliphatic carbocycles. The van der Waals surface area contributed by atoms with Crippen molar-refractivity contribution in [1.29, 1.82) is 0 Å². The Balaban J connectivity index is 1.94. The van der Waals surface area contributed by atoms with E-state index in [0.29, 0.717) is 5.56 Å². The molecule has 2 aliphatic rings. The smallest absolute Gasteiger partial charge is 0.313 e. The highest BCUT2D eigenvalue weighted by Gasteiger charge is 2.71. The summed E-state index contributed by atoms with van der Waals surface area (Å²) in [7, 11) is 2.31. The molecule has 0 saturated carbocycles. The van der Waals surface area contributed by atoms with E-state index in [1.165, 1.54) is 19.2 Å². The Morgan fingerprint density at radius 1 is 0.828 bits per heavy atom. The number of fused-ring (bicyclic) bond motifs is 1. The van der Waals surface area contributed by atoms with Crippen LogP contribution >= 0.6 is 0 Å². The normalized spacial score (nSPS) is 24.4. The SMILES string of the molecule is COC(=O)[C@H]1[C@@H](c2ccccc2)OC2(C(=O)c3ccccc3C2=O)[C@@H]1C(=O)OC. The topological polar surface area (TPSA) is 96.0 Å². The molecule has 29 heavy (non-hydrogen) atoms. The van der Waals surface area contributed by atoms with Crippen LogP contribution in [-0.2, 0) is 23.8 Å². The maximum Gasteiger partial charge on any atom is 0.313 e. The Morgan fingerprint density at radius 2 is 1.34 bits per heavy atom. The molecule has 1 heterocycles. The number of carbonyl (C=O) groups is 4. The number of hydrogen-bond acceptors (Lipinski definition) is 7. The highest BCUT2D eigenvalue weighted by molar-refractivity contribution is 6.34. The monoisotopic (exact) mass is 394 g/mol. The highest BCUT2D eigenvalue weighted by atomic mass is 16.6. The maximum atomic E-state index is 13.4. The number of hydrogen-bond donors (Lipinski definition) is 0.